The normalized spacial score (nSPS) is 10.8. The molecule has 270 valence electrons. The molecule has 8 rings (SSSR count). The van der Waals surface area contributed by atoms with Gasteiger partial charge in [0.05, 0.1) is 0 Å². The number of hydrogen-bond acceptors (Lipinski definition) is 12. The SMILES string of the molecule is [Ni].[Ni].[Ni].[O-]c1cc2c3cc([O-])c([O-])cc3c3cc(O)c(O)cc3c2cc1[O-].[O-]c1cc2c3cc([O-])c([O-])cc3c3cc(O)c(O)cc3c2cc1[O-]. The van der Waals surface area contributed by atoms with Gasteiger partial charge in [0.1, 0.15) is 0 Å². The molecule has 0 fully saturated rings. The molecule has 8 aromatic carbocycles. The second-order valence-electron chi connectivity index (χ2n) is 11.2. The van der Waals surface area contributed by atoms with Gasteiger partial charge in [0.15, 0.2) is 23.0 Å². The van der Waals surface area contributed by atoms with Crippen molar-refractivity contribution in [1.82, 2.24) is 0 Å². The van der Waals surface area contributed by atoms with E-state index in [1.165, 1.54) is 24.3 Å². The molecular formula is C36H16Ni3O12-8. The molecule has 8 aromatic rings. The van der Waals surface area contributed by atoms with Crippen LogP contribution in [0, 0.1) is 0 Å². The Bertz CT molecular complexity index is 2000. The van der Waals surface area contributed by atoms with E-state index < -0.39 is 69.0 Å². The molecule has 0 saturated heterocycles. The number of aromatic hydroxyl groups is 4. The Balaban J connectivity index is 0.000000216. The Morgan fingerprint density at radius 1 is 0.216 bits per heavy atom. The van der Waals surface area contributed by atoms with Crippen LogP contribution < -0.4 is 40.9 Å². The zero-order chi connectivity index (χ0) is 34.3. The van der Waals surface area contributed by atoms with E-state index >= 15 is 0 Å². The van der Waals surface area contributed by atoms with Crippen LogP contribution in [0.3, 0.4) is 0 Å². The quantitative estimate of drug-likeness (QED) is 0.0968. The molecule has 51 heavy (non-hydrogen) atoms. The topological polar surface area (TPSA) is 265 Å². The molecule has 4 N–H and O–H groups in total. The first-order chi connectivity index (χ1) is 22.7. The van der Waals surface area contributed by atoms with Gasteiger partial charge in [-0.1, -0.05) is 48.5 Å². The third-order valence-corrected chi connectivity index (χ3v) is 8.31. The molecule has 0 aliphatic heterocycles. The van der Waals surface area contributed by atoms with Crippen molar-refractivity contribution in [3.8, 4) is 69.0 Å². The zero-order valence-electron chi connectivity index (χ0n) is 24.9. The molecule has 0 saturated carbocycles. The summed E-state index contributed by atoms with van der Waals surface area (Å²) in [6, 6.07) is 14.0. The summed E-state index contributed by atoms with van der Waals surface area (Å²) in [5.74, 6) is -7.42. The summed E-state index contributed by atoms with van der Waals surface area (Å²) in [6.45, 7) is 0. The molecule has 15 heteroatoms. The molecule has 0 aliphatic carbocycles. The van der Waals surface area contributed by atoms with E-state index in [9.17, 15) is 61.3 Å². The van der Waals surface area contributed by atoms with Crippen LogP contribution in [0.15, 0.2) is 72.8 Å². The van der Waals surface area contributed by atoms with E-state index in [4.69, 9.17) is 0 Å². The number of fused-ring (bicyclic) bond motifs is 12. The van der Waals surface area contributed by atoms with Gasteiger partial charge in [-0.25, -0.2) is 0 Å². The van der Waals surface area contributed by atoms with Crippen molar-refractivity contribution in [2.45, 2.75) is 0 Å². The fourth-order valence-corrected chi connectivity index (χ4v) is 6.07. The fourth-order valence-electron chi connectivity index (χ4n) is 6.07. The summed E-state index contributed by atoms with van der Waals surface area (Å²) in [5.41, 5.74) is 0. The largest absolute Gasteiger partial charge is 0.873 e. The summed E-state index contributed by atoms with van der Waals surface area (Å²) in [7, 11) is 0. The van der Waals surface area contributed by atoms with Crippen molar-refractivity contribution >= 4 is 64.6 Å². The van der Waals surface area contributed by atoms with Gasteiger partial charge >= 0.3 is 0 Å². The number of phenols is 4. The number of phenolic OH excluding ortho intramolecular Hbond substituents is 4. The van der Waals surface area contributed by atoms with Crippen molar-refractivity contribution in [1.29, 1.82) is 0 Å². The Kier molecular flexibility index (Phi) is 10.2. The van der Waals surface area contributed by atoms with Gasteiger partial charge in [0.2, 0.25) is 0 Å². The van der Waals surface area contributed by atoms with Crippen molar-refractivity contribution in [2.24, 2.45) is 0 Å². The van der Waals surface area contributed by atoms with E-state index in [-0.39, 0.29) is 49.5 Å². The van der Waals surface area contributed by atoms with Gasteiger partial charge < -0.3 is 61.3 Å². The maximum absolute atomic E-state index is 11.7. The molecule has 0 atom stereocenters. The minimum atomic E-state index is -0.732. The monoisotopic (exact) mass is 814 g/mol. The van der Waals surface area contributed by atoms with E-state index in [2.05, 4.69) is 0 Å². The fraction of sp³-hybridized carbons (Fsp3) is 0. The van der Waals surface area contributed by atoms with Crippen molar-refractivity contribution < 1.29 is 111 Å². The molecular weight excluding hydrogens is 800 g/mol. The molecule has 12 nitrogen and oxygen atoms in total. The first-order valence-electron chi connectivity index (χ1n) is 14.0. The summed E-state index contributed by atoms with van der Waals surface area (Å²) in [6.07, 6.45) is 0. The molecule has 0 spiro atoms. The molecule has 0 bridgehead atoms. The predicted molar refractivity (Wildman–Crippen MR) is 160 cm³/mol. The third-order valence-electron chi connectivity index (χ3n) is 8.31. The summed E-state index contributed by atoms with van der Waals surface area (Å²) >= 11 is 0. The summed E-state index contributed by atoms with van der Waals surface area (Å²) < 4.78 is 0. The molecule has 0 aromatic heterocycles. The van der Waals surface area contributed by atoms with Crippen LogP contribution in [0.5, 0.6) is 69.0 Å². The van der Waals surface area contributed by atoms with E-state index in [0.29, 0.717) is 64.6 Å². The van der Waals surface area contributed by atoms with E-state index in [1.807, 2.05) is 0 Å². The maximum atomic E-state index is 11.7. The summed E-state index contributed by atoms with van der Waals surface area (Å²) in [4.78, 5) is 0. The molecule has 0 aliphatic rings. The third kappa shape index (κ3) is 6.10. The standard InChI is InChI=1S/2C18H12O6.3Ni/c2*19-13-1-7-8(2-14(13)20)10-4-17(23)18(24)6-12(10)11-5-16(22)15(21)3-9(7)11;;;/h2*1-6,19-24H;;;/p-8. The zero-order valence-corrected chi connectivity index (χ0v) is 27.9. The van der Waals surface area contributed by atoms with Crippen LogP contribution >= 0.6 is 0 Å². The summed E-state index contributed by atoms with van der Waals surface area (Å²) in [5, 5.41) is 137. The van der Waals surface area contributed by atoms with Gasteiger partial charge in [0.25, 0.3) is 0 Å². The van der Waals surface area contributed by atoms with Gasteiger partial charge in [-0.3, -0.25) is 0 Å². The van der Waals surface area contributed by atoms with Gasteiger partial charge in [-0.15, -0.1) is 46.0 Å². The smallest absolute Gasteiger partial charge is 0.158 e. The number of rotatable bonds is 0. The first kappa shape index (κ1) is 38.2. The molecule has 0 amide bonds. The van der Waals surface area contributed by atoms with Crippen LogP contribution in [-0.2, 0) is 49.5 Å². The van der Waals surface area contributed by atoms with Crippen LogP contribution in [0.25, 0.3) is 64.6 Å². The maximum Gasteiger partial charge on any atom is 0.158 e. The van der Waals surface area contributed by atoms with E-state index in [0.717, 1.165) is 48.5 Å². The average molecular weight is 817 g/mol. The Hall–Kier alpha value is -5.60. The molecule has 0 unspecified atom stereocenters. The molecule has 0 radical (unpaired) electrons. The van der Waals surface area contributed by atoms with Crippen LogP contribution in [-0.4, -0.2) is 20.4 Å². The van der Waals surface area contributed by atoms with Crippen LogP contribution in [0.1, 0.15) is 0 Å². The second kappa shape index (κ2) is 13.6. The number of benzene rings is 8. The van der Waals surface area contributed by atoms with Gasteiger partial charge in [-0.05, 0) is 88.9 Å². The Labute approximate surface area is 315 Å². The van der Waals surface area contributed by atoms with E-state index in [1.54, 1.807) is 0 Å². The Morgan fingerprint density at radius 3 is 0.431 bits per heavy atom. The van der Waals surface area contributed by atoms with Crippen molar-refractivity contribution in [2.75, 3.05) is 0 Å². The predicted octanol–water partition coefficient (Wildman–Crippen LogP) is 1.70. The first-order valence-corrected chi connectivity index (χ1v) is 14.0. The second-order valence-corrected chi connectivity index (χ2v) is 11.2. The van der Waals surface area contributed by atoms with Gasteiger partial charge in [-0.2, -0.15) is 0 Å². The van der Waals surface area contributed by atoms with Crippen LogP contribution in [0.4, 0.5) is 0 Å². The molecule has 0 heterocycles. The minimum Gasteiger partial charge on any atom is -0.873 e. The van der Waals surface area contributed by atoms with Crippen molar-refractivity contribution in [3.63, 3.8) is 0 Å². The van der Waals surface area contributed by atoms with Crippen molar-refractivity contribution in [3.05, 3.63) is 72.8 Å². The minimum absolute atomic E-state index is 0. The Morgan fingerprint density at radius 2 is 0.314 bits per heavy atom. The van der Waals surface area contributed by atoms with Crippen LogP contribution in [0.2, 0.25) is 0 Å². The average Bonchev–Trinajstić information content (AvgIpc) is 3.03. The number of hydrogen-bond donors (Lipinski definition) is 4. The van der Waals surface area contributed by atoms with Gasteiger partial charge in [0, 0.05) is 49.5 Å².